The summed E-state index contributed by atoms with van der Waals surface area (Å²) in [6, 6.07) is 20.8. The number of thioether (sulfide) groups is 1. The molecule has 0 aliphatic carbocycles. The van der Waals surface area contributed by atoms with Gasteiger partial charge in [-0.1, -0.05) is 37.4 Å². The first kappa shape index (κ1) is 22.9. The predicted octanol–water partition coefficient (Wildman–Crippen LogP) is 6.41. The Balaban J connectivity index is 1.52. The Kier molecular flexibility index (Phi) is 6.56. The van der Waals surface area contributed by atoms with Gasteiger partial charge < -0.3 is 9.47 Å². The summed E-state index contributed by atoms with van der Waals surface area (Å²) in [6.07, 6.45) is 1.11. The number of fused-ring (bicyclic) bond motifs is 3. The second kappa shape index (κ2) is 9.72. The Morgan fingerprint density at radius 1 is 0.794 bits per heavy atom. The molecule has 0 aromatic heterocycles. The summed E-state index contributed by atoms with van der Waals surface area (Å²) in [5.74, 6) is -2.34. The Hall–Kier alpha value is -4.23. The first-order valence-electron chi connectivity index (χ1n) is 10.0. The van der Waals surface area contributed by atoms with E-state index >= 15 is 0 Å². The standard InChI is InChI=1S/C27H17FO5S/c1-3-25(29)32-21-10-12-23-18(14-21)4-5-19-15-22(11-13-24(19)23)34-27(31)17-6-8-20(9-7-17)33-26(30)16(2)28/h3-15H,1-2H2. The fourth-order valence-corrected chi connectivity index (χ4v) is 4.09. The highest BCUT2D eigenvalue weighted by Gasteiger charge is 2.12. The van der Waals surface area contributed by atoms with Crippen molar-refractivity contribution in [3.05, 3.63) is 103 Å². The molecule has 0 saturated heterocycles. The highest BCUT2D eigenvalue weighted by atomic mass is 32.2. The minimum absolute atomic E-state index is 0.116. The molecule has 7 heteroatoms. The van der Waals surface area contributed by atoms with E-state index in [4.69, 9.17) is 9.47 Å². The van der Waals surface area contributed by atoms with E-state index < -0.39 is 17.8 Å². The number of carbonyl (C=O) groups excluding carboxylic acids is 3. The van der Waals surface area contributed by atoms with E-state index in [0.29, 0.717) is 11.3 Å². The summed E-state index contributed by atoms with van der Waals surface area (Å²) in [5, 5.41) is 3.66. The molecule has 0 N–H and O–H groups in total. The lowest BCUT2D eigenvalue weighted by atomic mass is 10.0. The fourth-order valence-electron chi connectivity index (χ4n) is 3.30. The number of ether oxygens (including phenoxy) is 2. The number of benzene rings is 4. The van der Waals surface area contributed by atoms with E-state index in [-0.39, 0.29) is 10.9 Å². The van der Waals surface area contributed by atoms with Gasteiger partial charge in [0.1, 0.15) is 11.5 Å². The number of hydrogen-bond acceptors (Lipinski definition) is 6. The van der Waals surface area contributed by atoms with E-state index in [9.17, 15) is 18.8 Å². The Morgan fingerprint density at radius 3 is 2.06 bits per heavy atom. The van der Waals surface area contributed by atoms with Crippen molar-refractivity contribution in [1.82, 2.24) is 0 Å². The molecule has 4 aromatic carbocycles. The molecule has 0 spiro atoms. The van der Waals surface area contributed by atoms with Crippen LogP contribution in [-0.4, -0.2) is 17.1 Å². The number of esters is 2. The van der Waals surface area contributed by atoms with Crippen LogP contribution >= 0.6 is 11.8 Å². The third-order valence-electron chi connectivity index (χ3n) is 4.90. The average molecular weight is 472 g/mol. The first-order valence-corrected chi connectivity index (χ1v) is 10.9. The predicted molar refractivity (Wildman–Crippen MR) is 130 cm³/mol. The van der Waals surface area contributed by atoms with Crippen LogP contribution in [0.3, 0.4) is 0 Å². The average Bonchev–Trinajstić information content (AvgIpc) is 2.83. The largest absolute Gasteiger partial charge is 0.423 e. The van der Waals surface area contributed by atoms with Crippen LogP contribution in [0, 0.1) is 0 Å². The van der Waals surface area contributed by atoms with Gasteiger partial charge in [-0.15, -0.1) is 0 Å². The van der Waals surface area contributed by atoms with E-state index in [0.717, 1.165) is 44.3 Å². The molecule has 4 rings (SSSR count). The Morgan fingerprint density at radius 2 is 1.41 bits per heavy atom. The zero-order valence-electron chi connectivity index (χ0n) is 17.7. The summed E-state index contributed by atoms with van der Waals surface area (Å²) in [6.45, 7) is 6.27. The summed E-state index contributed by atoms with van der Waals surface area (Å²) in [5.41, 5.74) is 0.407. The third kappa shape index (κ3) is 5.05. The minimum Gasteiger partial charge on any atom is -0.423 e. The summed E-state index contributed by atoms with van der Waals surface area (Å²) >= 11 is 1.07. The van der Waals surface area contributed by atoms with Crippen molar-refractivity contribution in [2.45, 2.75) is 4.90 Å². The lowest BCUT2D eigenvalue weighted by Gasteiger charge is -2.08. The van der Waals surface area contributed by atoms with E-state index in [1.54, 1.807) is 12.1 Å². The maximum Gasteiger partial charge on any atom is 0.371 e. The lowest BCUT2D eigenvalue weighted by Crippen LogP contribution is -2.07. The van der Waals surface area contributed by atoms with Crippen LogP contribution in [0.1, 0.15) is 10.4 Å². The molecule has 168 valence electrons. The number of carbonyl (C=O) groups is 3. The van der Waals surface area contributed by atoms with Gasteiger partial charge in [-0.25, -0.2) is 9.59 Å². The highest BCUT2D eigenvalue weighted by molar-refractivity contribution is 8.14. The minimum atomic E-state index is -1.20. The molecule has 0 fully saturated rings. The van der Waals surface area contributed by atoms with Gasteiger partial charge in [0.15, 0.2) is 0 Å². The van der Waals surface area contributed by atoms with Crippen molar-refractivity contribution < 1.29 is 28.2 Å². The van der Waals surface area contributed by atoms with Crippen LogP contribution < -0.4 is 9.47 Å². The SMILES string of the molecule is C=CC(=O)Oc1ccc2c(ccc3cc(SC(=O)c4ccc(OC(=O)C(=C)F)cc4)ccc32)c1. The van der Waals surface area contributed by atoms with Crippen LogP contribution in [0.5, 0.6) is 11.5 Å². The normalized spacial score (nSPS) is 10.6. The van der Waals surface area contributed by atoms with E-state index in [1.807, 2.05) is 36.4 Å². The van der Waals surface area contributed by atoms with Gasteiger partial charge in [0, 0.05) is 16.5 Å². The smallest absolute Gasteiger partial charge is 0.371 e. The molecule has 0 radical (unpaired) electrons. The molecule has 0 aliphatic rings. The van der Waals surface area contributed by atoms with Crippen molar-refractivity contribution in [2.24, 2.45) is 0 Å². The first-order chi connectivity index (χ1) is 16.3. The van der Waals surface area contributed by atoms with Crippen molar-refractivity contribution in [3.63, 3.8) is 0 Å². The molecule has 34 heavy (non-hydrogen) atoms. The zero-order chi connectivity index (χ0) is 24.2. The summed E-state index contributed by atoms with van der Waals surface area (Å²) < 4.78 is 22.7. The molecule has 0 saturated carbocycles. The van der Waals surface area contributed by atoms with Gasteiger partial charge in [-0.3, -0.25) is 4.79 Å². The molecule has 0 atom stereocenters. The van der Waals surface area contributed by atoms with Crippen LogP contribution in [0.2, 0.25) is 0 Å². The number of rotatable bonds is 6. The molecule has 5 nitrogen and oxygen atoms in total. The van der Waals surface area contributed by atoms with Crippen molar-refractivity contribution in [1.29, 1.82) is 0 Å². The van der Waals surface area contributed by atoms with Gasteiger partial charge in [-0.2, -0.15) is 4.39 Å². The quantitative estimate of drug-likeness (QED) is 0.106. The van der Waals surface area contributed by atoms with Gasteiger partial charge >= 0.3 is 11.9 Å². The summed E-state index contributed by atoms with van der Waals surface area (Å²) in [4.78, 5) is 36.1. The number of halogens is 1. The maximum atomic E-state index is 12.8. The monoisotopic (exact) mass is 472 g/mol. The Labute approximate surface area is 198 Å². The molecule has 0 bridgehead atoms. The lowest BCUT2D eigenvalue weighted by molar-refractivity contribution is -0.131. The second-order valence-electron chi connectivity index (χ2n) is 7.16. The maximum absolute atomic E-state index is 12.8. The van der Waals surface area contributed by atoms with Crippen LogP contribution in [-0.2, 0) is 9.59 Å². The van der Waals surface area contributed by atoms with Crippen LogP contribution in [0.25, 0.3) is 21.5 Å². The van der Waals surface area contributed by atoms with Gasteiger partial charge in [0.2, 0.25) is 10.9 Å². The molecular formula is C27H17FO5S. The molecule has 0 amide bonds. The van der Waals surface area contributed by atoms with E-state index in [1.165, 1.54) is 24.3 Å². The Bertz CT molecular complexity index is 1470. The van der Waals surface area contributed by atoms with Crippen molar-refractivity contribution >= 4 is 50.4 Å². The molecular weight excluding hydrogens is 455 g/mol. The van der Waals surface area contributed by atoms with Crippen LogP contribution in [0.4, 0.5) is 4.39 Å². The van der Waals surface area contributed by atoms with Gasteiger partial charge in [0.05, 0.1) is 0 Å². The zero-order valence-corrected chi connectivity index (χ0v) is 18.6. The van der Waals surface area contributed by atoms with Gasteiger partial charge in [0.25, 0.3) is 0 Å². The second-order valence-corrected chi connectivity index (χ2v) is 8.21. The van der Waals surface area contributed by atoms with Crippen LogP contribution in [0.15, 0.2) is 103 Å². The summed E-state index contributed by atoms with van der Waals surface area (Å²) in [7, 11) is 0. The van der Waals surface area contributed by atoms with Crippen molar-refractivity contribution in [3.8, 4) is 11.5 Å². The third-order valence-corrected chi connectivity index (χ3v) is 5.81. The molecule has 4 aromatic rings. The molecule has 0 aliphatic heterocycles. The molecule has 0 unspecified atom stereocenters. The number of hydrogen-bond donors (Lipinski definition) is 0. The van der Waals surface area contributed by atoms with Gasteiger partial charge in [-0.05, 0) is 81.8 Å². The van der Waals surface area contributed by atoms with E-state index in [2.05, 4.69) is 13.2 Å². The fraction of sp³-hybridized carbons (Fsp3) is 0. The highest BCUT2D eigenvalue weighted by Crippen LogP contribution is 2.32. The topological polar surface area (TPSA) is 69.7 Å². The molecule has 0 heterocycles. The van der Waals surface area contributed by atoms with Crippen molar-refractivity contribution in [2.75, 3.05) is 0 Å².